The third-order valence-electron chi connectivity index (χ3n) is 3.06. The number of halogens is 3. The number of alkyl halides is 3. The second-order valence-electron chi connectivity index (χ2n) is 4.73. The molecule has 2 heterocycles. The molecule has 6 nitrogen and oxygen atoms in total. The molecule has 0 unspecified atom stereocenters. The lowest BCUT2D eigenvalue weighted by molar-refractivity contribution is -0.172. The van der Waals surface area contributed by atoms with E-state index in [9.17, 15) is 18.0 Å². The molecule has 1 amide bonds. The molecule has 1 aliphatic rings. The highest BCUT2D eigenvalue weighted by molar-refractivity contribution is 5.77. The lowest BCUT2D eigenvalue weighted by Gasteiger charge is -2.22. The highest BCUT2D eigenvalue weighted by Crippen LogP contribution is 2.29. The van der Waals surface area contributed by atoms with Crippen LogP contribution in [-0.4, -0.2) is 21.1 Å². The lowest BCUT2D eigenvalue weighted by Crippen LogP contribution is -2.30. The van der Waals surface area contributed by atoms with E-state index >= 15 is 0 Å². The van der Waals surface area contributed by atoms with E-state index in [1.54, 1.807) is 30.3 Å². The number of hydrogen-bond acceptors (Lipinski definition) is 5. The van der Waals surface area contributed by atoms with Crippen LogP contribution in [0.2, 0.25) is 0 Å². The van der Waals surface area contributed by atoms with Gasteiger partial charge < -0.3 is 9.36 Å². The Morgan fingerprint density at radius 1 is 1.22 bits per heavy atom. The predicted molar refractivity (Wildman–Crippen MR) is 70.1 cm³/mol. The maximum Gasteiger partial charge on any atom is 0.471 e. The van der Waals surface area contributed by atoms with Crippen molar-refractivity contribution in [2.75, 3.05) is 0 Å². The number of amides is 1. The third-order valence-corrected chi connectivity index (χ3v) is 3.06. The summed E-state index contributed by atoms with van der Waals surface area (Å²) in [6.07, 6.45) is -1.38. The van der Waals surface area contributed by atoms with Gasteiger partial charge in [0, 0.05) is 5.56 Å². The minimum Gasteiger partial charge on any atom is -0.385 e. The van der Waals surface area contributed by atoms with Crippen molar-refractivity contribution < 1.29 is 27.3 Å². The topological polar surface area (TPSA) is 68.5 Å². The second-order valence-corrected chi connectivity index (χ2v) is 4.73. The van der Waals surface area contributed by atoms with Gasteiger partial charge >= 0.3 is 12.1 Å². The van der Waals surface area contributed by atoms with Gasteiger partial charge in [0.25, 0.3) is 5.91 Å². The van der Waals surface area contributed by atoms with Crippen LogP contribution in [-0.2, 0) is 22.4 Å². The standard InChI is InChI=1S/C14H10F3N3O3/c15-14(16,17)13-18-12(19-23-13)10-5-3-9(4-6-10)8-20-11(21)2-1-7-22-20/h1,3-7H,2,8H2. The Morgan fingerprint density at radius 3 is 2.57 bits per heavy atom. The number of rotatable bonds is 3. The van der Waals surface area contributed by atoms with Crippen LogP contribution in [0.25, 0.3) is 11.4 Å². The number of aromatic nitrogens is 2. The quantitative estimate of drug-likeness (QED) is 0.868. The maximum atomic E-state index is 12.4. The van der Waals surface area contributed by atoms with E-state index in [2.05, 4.69) is 14.7 Å². The molecule has 0 saturated heterocycles. The molecule has 0 radical (unpaired) electrons. The lowest BCUT2D eigenvalue weighted by atomic mass is 10.1. The average Bonchev–Trinajstić information content (AvgIpc) is 3.00. The van der Waals surface area contributed by atoms with Crippen LogP contribution in [0.1, 0.15) is 17.9 Å². The van der Waals surface area contributed by atoms with E-state index in [1.807, 2.05) is 0 Å². The Labute approximate surface area is 128 Å². The Balaban J connectivity index is 1.73. The number of hydrogen-bond donors (Lipinski definition) is 0. The fraction of sp³-hybridized carbons (Fsp3) is 0.214. The van der Waals surface area contributed by atoms with Crippen LogP contribution in [0.5, 0.6) is 0 Å². The molecule has 2 aromatic rings. The molecular weight excluding hydrogens is 315 g/mol. The zero-order valence-corrected chi connectivity index (χ0v) is 11.6. The number of benzene rings is 1. The van der Waals surface area contributed by atoms with Crippen molar-refractivity contribution in [1.29, 1.82) is 0 Å². The first-order chi connectivity index (χ1) is 10.9. The highest BCUT2D eigenvalue weighted by atomic mass is 19.4. The normalized spacial score (nSPS) is 14.9. The molecule has 3 rings (SSSR count). The van der Waals surface area contributed by atoms with Gasteiger partial charge in [0.05, 0.1) is 13.0 Å². The van der Waals surface area contributed by atoms with Crippen LogP contribution >= 0.6 is 0 Å². The first-order valence-corrected chi connectivity index (χ1v) is 6.56. The van der Waals surface area contributed by atoms with Crippen molar-refractivity contribution in [1.82, 2.24) is 15.2 Å². The summed E-state index contributed by atoms with van der Waals surface area (Å²) in [5, 5.41) is 4.51. The molecule has 120 valence electrons. The van der Waals surface area contributed by atoms with Gasteiger partial charge in [-0.1, -0.05) is 29.4 Å². The predicted octanol–water partition coefficient (Wildman–Crippen LogP) is 2.93. The van der Waals surface area contributed by atoms with E-state index in [-0.39, 0.29) is 24.7 Å². The van der Waals surface area contributed by atoms with Crippen molar-refractivity contribution in [3.8, 4) is 11.4 Å². The highest BCUT2D eigenvalue weighted by Gasteiger charge is 2.38. The molecule has 1 aliphatic heterocycles. The van der Waals surface area contributed by atoms with Gasteiger partial charge in [0.2, 0.25) is 5.82 Å². The fourth-order valence-electron chi connectivity index (χ4n) is 1.93. The molecule has 0 atom stereocenters. The largest absolute Gasteiger partial charge is 0.471 e. The third kappa shape index (κ3) is 3.33. The first kappa shape index (κ1) is 15.1. The summed E-state index contributed by atoms with van der Waals surface area (Å²) < 4.78 is 41.5. The van der Waals surface area contributed by atoms with Gasteiger partial charge in [0.15, 0.2) is 0 Å². The van der Waals surface area contributed by atoms with Gasteiger partial charge in [-0.05, 0) is 11.6 Å². The van der Waals surface area contributed by atoms with Crippen molar-refractivity contribution in [3.05, 3.63) is 48.1 Å². The SMILES string of the molecule is O=C1CC=CON1Cc1ccc(-c2noc(C(F)(F)F)n2)cc1. The molecule has 0 aliphatic carbocycles. The molecule has 0 bridgehead atoms. The fourth-order valence-corrected chi connectivity index (χ4v) is 1.93. The Morgan fingerprint density at radius 2 is 1.96 bits per heavy atom. The molecule has 1 aromatic carbocycles. The molecule has 0 spiro atoms. The number of carbonyl (C=O) groups excluding carboxylic acids is 1. The summed E-state index contributed by atoms with van der Waals surface area (Å²) >= 11 is 0. The summed E-state index contributed by atoms with van der Waals surface area (Å²) in [6, 6.07) is 6.39. The monoisotopic (exact) mass is 325 g/mol. The number of hydroxylamine groups is 2. The molecular formula is C14H10F3N3O3. The van der Waals surface area contributed by atoms with Crippen LogP contribution in [0.3, 0.4) is 0 Å². The minimum absolute atomic E-state index is 0.155. The van der Waals surface area contributed by atoms with E-state index in [0.717, 1.165) is 5.56 Å². The molecule has 0 fully saturated rings. The smallest absolute Gasteiger partial charge is 0.385 e. The van der Waals surface area contributed by atoms with Crippen LogP contribution in [0.15, 0.2) is 41.1 Å². The molecule has 0 saturated carbocycles. The van der Waals surface area contributed by atoms with Crippen molar-refractivity contribution in [2.24, 2.45) is 0 Å². The summed E-state index contributed by atoms with van der Waals surface area (Å²) in [4.78, 5) is 20.0. The number of carbonyl (C=O) groups is 1. The molecule has 1 aromatic heterocycles. The second kappa shape index (κ2) is 5.75. The Bertz CT molecular complexity index is 738. The van der Waals surface area contributed by atoms with E-state index in [4.69, 9.17) is 4.84 Å². The number of nitrogens with zero attached hydrogens (tertiary/aromatic N) is 3. The van der Waals surface area contributed by atoms with Gasteiger partial charge in [-0.2, -0.15) is 23.2 Å². The molecule has 9 heteroatoms. The zero-order chi connectivity index (χ0) is 16.4. The van der Waals surface area contributed by atoms with Gasteiger partial charge in [-0.3, -0.25) is 4.79 Å². The first-order valence-electron chi connectivity index (χ1n) is 6.56. The van der Waals surface area contributed by atoms with Crippen LogP contribution < -0.4 is 0 Å². The summed E-state index contributed by atoms with van der Waals surface area (Å²) in [5.74, 6) is -1.72. The van der Waals surface area contributed by atoms with E-state index < -0.39 is 12.1 Å². The van der Waals surface area contributed by atoms with Crippen molar-refractivity contribution >= 4 is 5.91 Å². The molecule has 23 heavy (non-hydrogen) atoms. The van der Waals surface area contributed by atoms with Gasteiger partial charge in [-0.15, -0.1) is 0 Å². The van der Waals surface area contributed by atoms with Crippen molar-refractivity contribution in [2.45, 2.75) is 19.1 Å². The van der Waals surface area contributed by atoms with Crippen molar-refractivity contribution in [3.63, 3.8) is 0 Å². The maximum absolute atomic E-state index is 12.4. The van der Waals surface area contributed by atoms with E-state index in [1.165, 1.54) is 11.3 Å². The zero-order valence-electron chi connectivity index (χ0n) is 11.6. The summed E-state index contributed by atoms with van der Waals surface area (Å²) in [7, 11) is 0. The van der Waals surface area contributed by atoms with Gasteiger partial charge in [0.1, 0.15) is 6.26 Å². The van der Waals surface area contributed by atoms with E-state index in [0.29, 0.717) is 5.56 Å². The Hall–Kier alpha value is -2.84. The van der Waals surface area contributed by atoms with Crippen LogP contribution in [0.4, 0.5) is 13.2 Å². The average molecular weight is 325 g/mol. The minimum atomic E-state index is -4.68. The molecule has 0 N–H and O–H groups in total. The summed E-state index contributed by atoms with van der Waals surface area (Å²) in [5.41, 5.74) is 1.12. The summed E-state index contributed by atoms with van der Waals surface area (Å²) in [6.45, 7) is 0.226. The Kier molecular flexibility index (Phi) is 3.77. The van der Waals surface area contributed by atoms with Gasteiger partial charge in [-0.25, -0.2) is 0 Å². The van der Waals surface area contributed by atoms with Crippen LogP contribution in [0, 0.1) is 0 Å².